The lowest BCUT2D eigenvalue weighted by molar-refractivity contribution is -0.275. The lowest BCUT2D eigenvalue weighted by atomic mass is 9.89. The van der Waals surface area contributed by atoms with Crippen molar-refractivity contribution in [3.8, 4) is 5.75 Å². The molecule has 7 aromatic carbocycles. The standard InChI is InChI=1S/C56H54BrNO6/c57-49-28-27-47(34-48(49)32-46-26-29-51-50(33-46)58(30-31-60-51)35-41-16-6-1-7-17-41)53-55(62-38-44-22-12-4-13-23-44)56(63-39-45-24-14-5-15-25-45)54(61-37-43-20-10-3-11-21-43)52(64-53)40-59-36-42-18-8-2-9-19-42/h1-29,33-34,52-56H,30-32,35-40H2/t52-,53+,54-,55+,56+/m1/s1. The summed E-state index contributed by atoms with van der Waals surface area (Å²) in [6.07, 6.45) is -1.90. The van der Waals surface area contributed by atoms with Gasteiger partial charge in [-0.1, -0.05) is 186 Å². The second-order valence-corrected chi connectivity index (χ2v) is 17.3. The lowest BCUT2D eigenvalue weighted by Gasteiger charge is -2.46. The molecule has 0 unspecified atom stereocenters. The fourth-order valence-corrected chi connectivity index (χ4v) is 8.97. The first-order valence-electron chi connectivity index (χ1n) is 22.2. The Bertz CT molecular complexity index is 2490. The molecule has 0 aliphatic carbocycles. The number of hydrogen-bond acceptors (Lipinski definition) is 7. The van der Waals surface area contributed by atoms with Crippen LogP contribution in [0.15, 0.2) is 193 Å². The zero-order chi connectivity index (χ0) is 43.3. The lowest BCUT2D eigenvalue weighted by Crippen LogP contribution is -2.58. The zero-order valence-corrected chi connectivity index (χ0v) is 37.5. The summed E-state index contributed by atoms with van der Waals surface area (Å²) in [4.78, 5) is 2.42. The van der Waals surface area contributed by atoms with Gasteiger partial charge in [0.2, 0.25) is 0 Å². The second-order valence-electron chi connectivity index (χ2n) is 16.5. The molecule has 0 amide bonds. The molecule has 0 radical (unpaired) electrons. The third-order valence-electron chi connectivity index (χ3n) is 11.9. The van der Waals surface area contributed by atoms with E-state index in [4.69, 9.17) is 28.4 Å². The summed E-state index contributed by atoms with van der Waals surface area (Å²) >= 11 is 3.93. The van der Waals surface area contributed by atoms with Gasteiger partial charge in [-0.2, -0.15) is 0 Å². The minimum absolute atomic E-state index is 0.293. The Morgan fingerprint density at radius 2 is 1.05 bits per heavy atom. The van der Waals surface area contributed by atoms with E-state index in [0.717, 1.165) is 62.4 Å². The van der Waals surface area contributed by atoms with Gasteiger partial charge in [0, 0.05) is 11.0 Å². The van der Waals surface area contributed by atoms with E-state index in [2.05, 4.69) is 136 Å². The average molecular weight is 917 g/mol. The van der Waals surface area contributed by atoms with Gasteiger partial charge in [-0.3, -0.25) is 0 Å². The van der Waals surface area contributed by atoms with Crippen molar-refractivity contribution < 1.29 is 28.4 Å². The molecule has 5 atom stereocenters. The summed E-state index contributed by atoms with van der Waals surface area (Å²) in [6.45, 7) is 4.17. The summed E-state index contributed by atoms with van der Waals surface area (Å²) in [7, 11) is 0. The van der Waals surface area contributed by atoms with E-state index in [0.29, 0.717) is 46.1 Å². The molecular formula is C56H54BrNO6. The number of hydrogen-bond donors (Lipinski definition) is 0. The van der Waals surface area contributed by atoms with E-state index in [1.807, 2.05) is 72.8 Å². The average Bonchev–Trinajstić information content (AvgIpc) is 3.35. The number of anilines is 1. The molecule has 0 saturated carbocycles. The van der Waals surface area contributed by atoms with E-state index in [1.54, 1.807) is 0 Å². The van der Waals surface area contributed by atoms with Gasteiger partial charge < -0.3 is 33.3 Å². The third kappa shape index (κ3) is 11.4. The maximum Gasteiger partial charge on any atom is 0.142 e. The fourth-order valence-electron chi connectivity index (χ4n) is 8.58. The van der Waals surface area contributed by atoms with Crippen molar-refractivity contribution in [2.75, 3.05) is 24.7 Å². The maximum atomic E-state index is 7.29. The Morgan fingerprint density at radius 1 is 0.516 bits per heavy atom. The SMILES string of the molecule is Brc1ccc([C@@H]2O[C@H](COCc3ccccc3)[C@@H](OCc3ccccc3)[C@H](OCc3ccccc3)[C@H]2OCc2ccccc2)cc1Cc1ccc2c(c1)N(Cc1ccccc1)CCO2. The van der Waals surface area contributed by atoms with Crippen molar-refractivity contribution in [3.63, 3.8) is 0 Å². The molecule has 7 aromatic rings. The number of nitrogens with zero attached hydrogens (tertiary/aromatic N) is 1. The number of halogens is 1. The van der Waals surface area contributed by atoms with Gasteiger partial charge >= 0.3 is 0 Å². The quantitative estimate of drug-likeness (QED) is 0.0850. The van der Waals surface area contributed by atoms with Crippen LogP contribution in [0.25, 0.3) is 0 Å². The summed E-state index contributed by atoms with van der Waals surface area (Å²) < 4.78 is 42.0. The van der Waals surface area contributed by atoms with Crippen LogP contribution < -0.4 is 9.64 Å². The first kappa shape index (κ1) is 43.7. The molecule has 9 rings (SSSR count). The molecule has 1 saturated heterocycles. The Morgan fingerprint density at radius 3 is 1.64 bits per heavy atom. The Hall–Kier alpha value is -5.58. The molecular weight excluding hydrogens is 863 g/mol. The minimum Gasteiger partial charge on any atom is -0.490 e. The van der Waals surface area contributed by atoms with Gasteiger partial charge in [-0.25, -0.2) is 0 Å². The molecule has 7 nitrogen and oxygen atoms in total. The molecule has 2 aliphatic rings. The summed E-state index contributed by atoms with van der Waals surface area (Å²) in [5, 5.41) is 0. The van der Waals surface area contributed by atoms with Crippen LogP contribution in [0.2, 0.25) is 0 Å². The van der Waals surface area contributed by atoms with Crippen LogP contribution in [0.5, 0.6) is 5.75 Å². The zero-order valence-electron chi connectivity index (χ0n) is 35.9. The van der Waals surface area contributed by atoms with Crippen molar-refractivity contribution in [1.29, 1.82) is 0 Å². The molecule has 0 N–H and O–H groups in total. The number of fused-ring (bicyclic) bond motifs is 1. The predicted molar refractivity (Wildman–Crippen MR) is 255 cm³/mol. The molecule has 0 spiro atoms. The van der Waals surface area contributed by atoms with Crippen LogP contribution in [0, 0.1) is 0 Å². The van der Waals surface area contributed by atoms with Gasteiger partial charge in [-0.05, 0) is 69.1 Å². The first-order chi connectivity index (χ1) is 31.6. The molecule has 2 aliphatic heterocycles. The largest absolute Gasteiger partial charge is 0.490 e. The van der Waals surface area contributed by atoms with Gasteiger partial charge in [-0.15, -0.1) is 0 Å². The minimum atomic E-state index is -0.545. The van der Waals surface area contributed by atoms with Gasteiger partial charge in [0.05, 0.1) is 45.3 Å². The van der Waals surface area contributed by atoms with Crippen molar-refractivity contribution >= 4 is 21.6 Å². The van der Waals surface area contributed by atoms with Crippen LogP contribution in [-0.4, -0.2) is 44.2 Å². The summed E-state index contributed by atoms with van der Waals surface area (Å²) in [5.41, 5.74) is 9.98. The highest BCUT2D eigenvalue weighted by Crippen LogP contribution is 2.41. The monoisotopic (exact) mass is 915 g/mol. The topological polar surface area (TPSA) is 58.6 Å². The summed E-state index contributed by atoms with van der Waals surface area (Å²) in [6, 6.07) is 64.7. The number of benzene rings is 7. The smallest absolute Gasteiger partial charge is 0.142 e. The van der Waals surface area contributed by atoms with Crippen LogP contribution in [0.3, 0.4) is 0 Å². The molecule has 0 bridgehead atoms. The summed E-state index contributed by atoms with van der Waals surface area (Å²) in [5.74, 6) is 0.916. The van der Waals surface area contributed by atoms with Crippen molar-refractivity contribution in [2.24, 2.45) is 0 Å². The second kappa shape index (κ2) is 21.9. The highest BCUT2D eigenvalue weighted by molar-refractivity contribution is 9.10. The van der Waals surface area contributed by atoms with Crippen LogP contribution in [0.4, 0.5) is 5.69 Å². The molecule has 64 heavy (non-hydrogen) atoms. The maximum absolute atomic E-state index is 7.29. The van der Waals surface area contributed by atoms with Gasteiger partial charge in [0.15, 0.2) is 0 Å². The molecule has 8 heteroatoms. The van der Waals surface area contributed by atoms with Crippen LogP contribution in [-0.2, 0) is 63.1 Å². The van der Waals surface area contributed by atoms with E-state index >= 15 is 0 Å². The Kier molecular flexibility index (Phi) is 14.9. The van der Waals surface area contributed by atoms with E-state index in [-0.39, 0.29) is 0 Å². The fraction of sp³-hybridized carbons (Fsp3) is 0.250. The normalized spacial score (nSPS) is 19.5. The van der Waals surface area contributed by atoms with Crippen LogP contribution >= 0.6 is 15.9 Å². The van der Waals surface area contributed by atoms with E-state index < -0.39 is 30.5 Å². The first-order valence-corrected chi connectivity index (χ1v) is 23.0. The highest BCUT2D eigenvalue weighted by atomic mass is 79.9. The van der Waals surface area contributed by atoms with Gasteiger partial charge in [0.1, 0.15) is 42.9 Å². The van der Waals surface area contributed by atoms with Crippen molar-refractivity contribution in [2.45, 2.75) is 69.9 Å². The molecule has 326 valence electrons. The number of rotatable bonds is 18. The predicted octanol–water partition coefficient (Wildman–Crippen LogP) is 11.9. The van der Waals surface area contributed by atoms with E-state index in [1.165, 1.54) is 11.1 Å². The number of ether oxygens (including phenoxy) is 6. The van der Waals surface area contributed by atoms with Gasteiger partial charge in [0.25, 0.3) is 0 Å². The van der Waals surface area contributed by atoms with Crippen LogP contribution in [0.1, 0.15) is 50.6 Å². The molecule has 2 heterocycles. The van der Waals surface area contributed by atoms with E-state index in [9.17, 15) is 0 Å². The molecule has 1 fully saturated rings. The van der Waals surface area contributed by atoms with Crippen molar-refractivity contribution in [1.82, 2.24) is 0 Å². The Balaban J connectivity index is 1.06. The Labute approximate surface area is 385 Å². The third-order valence-corrected chi connectivity index (χ3v) is 12.6. The van der Waals surface area contributed by atoms with Crippen molar-refractivity contribution in [3.05, 3.63) is 237 Å². The highest BCUT2D eigenvalue weighted by Gasteiger charge is 2.49. The molecule has 0 aromatic heterocycles.